The van der Waals surface area contributed by atoms with Crippen molar-refractivity contribution in [3.8, 4) is 5.75 Å². The van der Waals surface area contributed by atoms with Crippen molar-refractivity contribution >= 4 is 34.8 Å². The van der Waals surface area contributed by atoms with Crippen LogP contribution >= 0.6 is 0 Å². The molecule has 4 rings (SSSR count). The highest BCUT2D eigenvalue weighted by atomic mass is 19.1. The molecule has 0 atom stereocenters. The molecule has 0 radical (unpaired) electrons. The third-order valence-electron chi connectivity index (χ3n) is 4.89. The highest BCUT2D eigenvalue weighted by Crippen LogP contribution is 2.28. The molecule has 1 fully saturated rings. The zero-order chi connectivity index (χ0) is 21.3. The Kier molecular flexibility index (Phi) is 5.05. The normalized spacial score (nSPS) is 13.9. The molecule has 0 saturated carbocycles. The van der Waals surface area contributed by atoms with Crippen LogP contribution in [-0.4, -0.2) is 29.0 Å². The van der Waals surface area contributed by atoms with E-state index >= 15 is 0 Å². The number of urea groups is 1. The number of benzene rings is 2. The van der Waals surface area contributed by atoms with Crippen molar-refractivity contribution in [3.63, 3.8) is 0 Å². The zero-order valence-electron chi connectivity index (χ0n) is 16.1. The molecule has 0 aliphatic carbocycles. The molecule has 1 aliphatic heterocycles. The van der Waals surface area contributed by atoms with Gasteiger partial charge in [-0.1, -0.05) is 24.3 Å². The number of nitrogens with one attached hydrogen (secondary N) is 2. The zero-order valence-corrected chi connectivity index (χ0v) is 16.1. The quantitative estimate of drug-likeness (QED) is 0.503. The Labute approximate surface area is 171 Å². The number of aromatic nitrogens is 1. The SMILES string of the molecule is Cc1c(C=C2C(=O)NC(=O)NC2=O)c2ccccc2n1CCOc1cccc(F)c1. The van der Waals surface area contributed by atoms with Crippen LogP contribution in [0.25, 0.3) is 17.0 Å². The van der Waals surface area contributed by atoms with Crippen LogP contribution in [0, 0.1) is 12.7 Å². The van der Waals surface area contributed by atoms with Crippen LogP contribution in [0.1, 0.15) is 11.3 Å². The molecular formula is C22H18FN3O4. The van der Waals surface area contributed by atoms with E-state index < -0.39 is 17.8 Å². The molecule has 2 aromatic carbocycles. The molecule has 0 unspecified atom stereocenters. The maximum Gasteiger partial charge on any atom is 0.328 e. The number of fused-ring (bicyclic) bond motifs is 1. The third kappa shape index (κ3) is 3.67. The Hall–Kier alpha value is -3.94. The summed E-state index contributed by atoms with van der Waals surface area (Å²) < 4.78 is 21.0. The van der Waals surface area contributed by atoms with Gasteiger partial charge in [-0.25, -0.2) is 9.18 Å². The van der Waals surface area contributed by atoms with Crippen molar-refractivity contribution in [2.24, 2.45) is 0 Å². The Balaban J connectivity index is 1.66. The minimum atomic E-state index is -0.837. The third-order valence-corrected chi connectivity index (χ3v) is 4.89. The Morgan fingerprint density at radius 2 is 1.77 bits per heavy atom. The number of halogens is 1. The first-order chi connectivity index (χ1) is 14.4. The molecule has 4 amide bonds. The number of rotatable bonds is 5. The molecule has 1 aromatic heterocycles. The lowest BCUT2D eigenvalue weighted by molar-refractivity contribution is -0.123. The molecule has 1 saturated heterocycles. The highest BCUT2D eigenvalue weighted by molar-refractivity contribution is 6.31. The van der Waals surface area contributed by atoms with Gasteiger partial charge in [0.2, 0.25) is 0 Å². The largest absolute Gasteiger partial charge is 0.492 e. The average molecular weight is 407 g/mol. The van der Waals surface area contributed by atoms with Gasteiger partial charge in [-0.15, -0.1) is 0 Å². The van der Waals surface area contributed by atoms with E-state index in [1.807, 2.05) is 35.8 Å². The van der Waals surface area contributed by atoms with Crippen molar-refractivity contribution in [1.82, 2.24) is 15.2 Å². The second kappa shape index (κ2) is 7.82. The summed E-state index contributed by atoms with van der Waals surface area (Å²) in [4.78, 5) is 35.5. The van der Waals surface area contributed by atoms with Gasteiger partial charge in [-0.3, -0.25) is 20.2 Å². The molecule has 30 heavy (non-hydrogen) atoms. The van der Waals surface area contributed by atoms with Gasteiger partial charge in [-0.05, 0) is 31.2 Å². The van der Waals surface area contributed by atoms with Gasteiger partial charge in [0.25, 0.3) is 11.8 Å². The van der Waals surface area contributed by atoms with E-state index in [-0.39, 0.29) is 11.4 Å². The van der Waals surface area contributed by atoms with Crippen LogP contribution in [0.15, 0.2) is 54.1 Å². The van der Waals surface area contributed by atoms with Crippen LogP contribution in [-0.2, 0) is 16.1 Å². The summed E-state index contributed by atoms with van der Waals surface area (Å²) in [6, 6.07) is 12.7. The minimum absolute atomic E-state index is 0.142. The van der Waals surface area contributed by atoms with Crippen molar-refractivity contribution in [2.75, 3.05) is 6.61 Å². The number of ether oxygens (including phenoxy) is 1. The van der Waals surface area contributed by atoms with Crippen LogP contribution < -0.4 is 15.4 Å². The van der Waals surface area contributed by atoms with E-state index in [2.05, 4.69) is 10.6 Å². The van der Waals surface area contributed by atoms with Gasteiger partial charge in [0.15, 0.2) is 0 Å². The van der Waals surface area contributed by atoms with Gasteiger partial charge >= 0.3 is 6.03 Å². The van der Waals surface area contributed by atoms with Crippen molar-refractivity contribution in [1.29, 1.82) is 0 Å². The molecule has 2 heterocycles. The maximum absolute atomic E-state index is 13.3. The fourth-order valence-electron chi connectivity index (χ4n) is 3.49. The Morgan fingerprint density at radius 3 is 2.50 bits per heavy atom. The van der Waals surface area contributed by atoms with E-state index in [1.54, 1.807) is 12.1 Å². The topological polar surface area (TPSA) is 89.4 Å². The lowest BCUT2D eigenvalue weighted by atomic mass is 10.1. The standard InChI is InChI=1S/C22H18FN3O4/c1-13-17(12-18-20(27)24-22(29)25-21(18)28)16-7-2-3-8-19(16)26(13)9-10-30-15-6-4-5-14(23)11-15/h2-8,11-12H,9-10H2,1H3,(H2,24,25,27,28,29). The smallest absolute Gasteiger partial charge is 0.328 e. The number of amides is 4. The van der Waals surface area contributed by atoms with Gasteiger partial charge < -0.3 is 9.30 Å². The molecule has 7 nitrogen and oxygen atoms in total. The van der Waals surface area contributed by atoms with Crippen LogP contribution in [0.2, 0.25) is 0 Å². The van der Waals surface area contributed by atoms with Crippen LogP contribution in [0.5, 0.6) is 5.75 Å². The van der Waals surface area contributed by atoms with Gasteiger partial charge in [-0.2, -0.15) is 0 Å². The average Bonchev–Trinajstić information content (AvgIpc) is 2.96. The maximum atomic E-state index is 13.3. The summed E-state index contributed by atoms with van der Waals surface area (Å²) in [5.41, 5.74) is 2.28. The van der Waals surface area contributed by atoms with Crippen molar-refractivity contribution < 1.29 is 23.5 Å². The molecule has 1 aliphatic rings. The number of carbonyl (C=O) groups is 3. The van der Waals surface area contributed by atoms with E-state index in [0.717, 1.165) is 16.6 Å². The number of para-hydroxylation sites is 1. The first kappa shape index (κ1) is 19.4. The number of barbiturate groups is 1. The lowest BCUT2D eigenvalue weighted by Crippen LogP contribution is -2.51. The second-order valence-corrected chi connectivity index (χ2v) is 6.77. The molecule has 3 aromatic rings. The number of imide groups is 2. The molecule has 152 valence electrons. The van der Waals surface area contributed by atoms with Gasteiger partial charge in [0.05, 0.1) is 6.54 Å². The van der Waals surface area contributed by atoms with Crippen molar-refractivity contribution in [3.05, 3.63) is 71.2 Å². The first-order valence-corrected chi connectivity index (χ1v) is 9.28. The number of hydrogen-bond donors (Lipinski definition) is 2. The first-order valence-electron chi connectivity index (χ1n) is 9.28. The molecule has 0 spiro atoms. The summed E-state index contributed by atoms with van der Waals surface area (Å²) in [7, 11) is 0. The van der Waals surface area contributed by atoms with Crippen molar-refractivity contribution in [2.45, 2.75) is 13.5 Å². The predicted molar refractivity (Wildman–Crippen MR) is 108 cm³/mol. The monoisotopic (exact) mass is 407 g/mol. The fraction of sp³-hybridized carbons (Fsp3) is 0.136. The summed E-state index contributed by atoms with van der Waals surface area (Å²) in [5.74, 6) is -1.41. The number of hydrogen-bond acceptors (Lipinski definition) is 4. The lowest BCUT2D eigenvalue weighted by Gasteiger charge is -2.14. The highest BCUT2D eigenvalue weighted by Gasteiger charge is 2.28. The van der Waals surface area contributed by atoms with E-state index in [4.69, 9.17) is 4.74 Å². The van der Waals surface area contributed by atoms with Crippen LogP contribution in [0.4, 0.5) is 9.18 Å². The number of nitrogens with zero attached hydrogens (tertiary/aromatic N) is 1. The molecule has 2 N–H and O–H groups in total. The van der Waals surface area contributed by atoms with Gasteiger partial charge in [0, 0.05) is 28.2 Å². The molecule has 8 heteroatoms. The van der Waals surface area contributed by atoms with Gasteiger partial charge in [0.1, 0.15) is 23.7 Å². The van der Waals surface area contributed by atoms with E-state index in [0.29, 0.717) is 24.5 Å². The molecule has 0 bridgehead atoms. The summed E-state index contributed by atoms with van der Waals surface area (Å²) >= 11 is 0. The Morgan fingerprint density at radius 1 is 1.03 bits per heavy atom. The minimum Gasteiger partial charge on any atom is -0.492 e. The summed E-state index contributed by atoms with van der Waals surface area (Å²) in [6.45, 7) is 2.65. The molecular weight excluding hydrogens is 389 g/mol. The van der Waals surface area contributed by atoms with Crippen LogP contribution in [0.3, 0.4) is 0 Å². The predicted octanol–water partition coefficient (Wildman–Crippen LogP) is 2.92. The van der Waals surface area contributed by atoms with E-state index in [1.165, 1.54) is 18.2 Å². The van der Waals surface area contributed by atoms with E-state index in [9.17, 15) is 18.8 Å². The summed E-state index contributed by atoms with van der Waals surface area (Å²) in [5, 5.41) is 5.00. The summed E-state index contributed by atoms with van der Waals surface area (Å²) in [6.07, 6.45) is 1.48. The Bertz CT molecular complexity index is 1190. The number of carbonyl (C=O) groups excluding carboxylic acids is 3. The fourth-order valence-corrected chi connectivity index (χ4v) is 3.49. The second-order valence-electron chi connectivity index (χ2n) is 6.77.